The van der Waals surface area contributed by atoms with Gasteiger partial charge in [-0.1, -0.05) is 13.3 Å². The van der Waals surface area contributed by atoms with E-state index in [1.54, 1.807) is 26.8 Å². The Morgan fingerprint density at radius 3 is 2.10 bits per heavy atom. The number of unbranched alkanes of at least 4 members (excludes halogenated alkanes) is 1. The molecule has 30 heavy (non-hydrogen) atoms. The third kappa shape index (κ3) is 4.04. The average Bonchev–Trinajstić information content (AvgIpc) is 3.01. The monoisotopic (exact) mass is 414 g/mol. The van der Waals surface area contributed by atoms with Crippen LogP contribution in [0.25, 0.3) is 0 Å². The lowest BCUT2D eigenvalue weighted by atomic mass is 10.0. The normalized spacial score (nSPS) is 16.2. The van der Waals surface area contributed by atoms with Crippen LogP contribution in [0.2, 0.25) is 0 Å². The topological polar surface area (TPSA) is 81.2 Å². The molecule has 1 fully saturated rings. The van der Waals surface area contributed by atoms with Gasteiger partial charge in [-0.05, 0) is 38.5 Å². The zero-order valence-corrected chi connectivity index (χ0v) is 18.0. The molecule has 2 aliphatic heterocycles. The van der Waals surface area contributed by atoms with E-state index in [0.29, 0.717) is 62.5 Å². The Morgan fingerprint density at radius 1 is 0.900 bits per heavy atom. The summed E-state index contributed by atoms with van der Waals surface area (Å²) in [6.07, 6.45) is 1.65. The first-order valence-electron chi connectivity index (χ1n) is 10.8. The van der Waals surface area contributed by atoms with Crippen LogP contribution in [0.4, 0.5) is 4.79 Å². The molecule has 0 atom stereocenters. The van der Waals surface area contributed by atoms with E-state index in [-0.39, 0.29) is 23.8 Å². The lowest BCUT2D eigenvalue weighted by molar-refractivity contribution is 0.0640. The van der Waals surface area contributed by atoms with Gasteiger partial charge in [0.1, 0.15) is 0 Å². The molecule has 2 aliphatic rings. The van der Waals surface area contributed by atoms with Gasteiger partial charge in [0, 0.05) is 51.4 Å². The maximum absolute atomic E-state index is 13.0. The highest BCUT2D eigenvalue weighted by atomic mass is 16.2. The summed E-state index contributed by atoms with van der Waals surface area (Å²) in [6, 6.07) is 4.73. The molecule has 5 amide bonds. The van der Waals surface area contributed by atoms with E-state index in [2.05, 4.69) is 0 Å². The van der Waals surface area contributed by atoms with Crippen molar-refractivity contribution in [1.82, 2.24) is 19.6 Å². The summed E-state index contributed by atoms with van der Waals surface area (Å²) in [7, 11) is 0. The molecule has 0 aromatic heterocycles. The van der Waals surface area contributed by atoms with Crippen LogP contribution in [0.1, 0.15) is 64.7 Å². The van der Waals surface area contributed by atoms with E-state index < -0.39 is 0 Å². The standard InChI is InChI=1S/C22H30N4O4/c1-4-7-10-26-20(28)17-9-8-16(15-18(17)21(26)29)19(27)24-11-13-25(14-12-24)22(30)23(5-2)6-3/h8-9,15H,4-7,10-14H2,1-3H3. The van der Waals surface area contributed by atoms with Gasteiger partial charge < -0.3 is 14.7 Å². The number of carbonyl (C=O) groups excluding carboxylic acids is 4. The molecule has 2 heterocycles. The Kier molecular flexibility index (Phi) is 6.74. The molecule has 1 saturated heterocycles. The second-order valence-corrected chi connectivity index (χ2v) is 7.61. The van der Waals surface area contributed by atoms with Gasteiger partial charge in [-0.3, -0.25) is 19.3 Å². The SMILES string of the molecule is CCCCN1C(=O)c2ccc(C(=O)N3CCN(C(=O)N(CC)CC)CC3)cc2C1=O. The first-order chi connectivity index (χ1) is 14.4. The first-order valence-corrected chi connectivity index (χ1v) is 10.8. The summed E-state index contributed by atoms with van der Waals surface area (Å²) in [5.41, 5.74) is 1.07. The van der Waals surface area contributed by atoms with Crippen molar-refractivity contribution in [2.24, 2.45) is 0 Å². The quantitative estimate of drug-likeness (QED) is 0.669. The number of imide groups is 1. The van der Waals surface area contributed by atoms with Crippen molar-refractivity contribution >= 4 is 23.8 Å². The molecule has 0 N–H and O–H groups in total. The number of rotatable bonds is 6. The van der Waals surface area contributed by atoms with Crippen molar-refractivity contribution in [2.75, 3.05) is 45.8 Å². The minimum atomic E-state index is -0.326. The Labute approximate surface area is 177 Å². The summed E-state index contributed by atoms with van der Waals surface area (Å²) in [5.74, 6) is -0.793. The van der Waals surface area contributed by atoms with Gasteiger partial charge in [0.25, 0.3) is 17.7 Å². The molecular formula is C22H30N4O4. The van der Waals surface area contributed by atoms with Crippen molar-refractivity contribution in [2.45, 2.75) is 33.6 Å². The Bertz CT molecular complexity index is 842. The molecule has 0 aliphatic carbocycles. The number of hydrogen-bond acceptors (Lipinski definition) is 4. The fourth-order valence-corrected chi connectivity index (χ4v) is 3.92. The van der Waals surface area contributed by atoms with Gasteiger partial charge in [-0.15, -0.1) is 0 Å². The van der Waals surface area contributed by atoms with Gasteiger partial charge in [0.05, 0.1) is 11.1 Å². The number of benzene rings is 1. The summed E-state index contributed by atoms with van der Waals surface area (Å²) < 4.78 is 0. The van der Waals surface area contributed by atoms with Crippen molar-refractivity contribution in [3.63, 3.8) is 0 Å². The Hall–Kier alpha value is -2.90. The largest absolute Gasteiger partial charge is 0.335 e. The first kappa shape index (κ1) is 21.8. The van der Waals surface area contributed by atoms with Gasteiger partial charge in [0.2, 0.25) is 0 Å². The molecule has 0 unspecified atom stereocenters. The predicted molar refractivity (Wildman–Crippen MR) is 113 cm³/mol. The van der Waals surface area contributed by atoms with Crippen LogP contribution in [0.3, 0.4) is 0 Å². The lowest BCUT2D eigenvalue weighted by Gasteiger charge is -2.37. The van der Waals surface area contributed by atoms with Crippen LogP contribution >= 0.6 is 0 Å². The van der Waals surface area contributed by atoms with Crippen molar-refractivity contribution < 1.29 is 19.2 Å². The lowest BCUT2D eigenvalue weighted by Crippen LogP contribution is -2.54. The fraction of sp³-hybridized carbons (Fsp3) is 0.545. The molecule has 3 rings (SSSR count). The Morgan fingerprint density at radius 2 is 1.50 bits per heavy atom. The fourth-order valence-electron chi connectivity index (χ4n) is 3.92. The molecule has 1 aromatic carbocycles. The third-order valence-corrected chi connectivity index (χ3v) is 5.82. The maximum atomic E-state index is 13.0. The van der Waals surface area contributed by atoms with Crippen LogP contribution in [-0.2, 0) is 0 Å². The van der Waals surface area contributed by atoms with E-state index in [9.17, 15) is 19.2 Å². The summed E-state index contributed by atoms with van der Waals surface area (Å²) >= 11 is 0. The number of carbonyl (C=O) groups is 4. The second-order valence-electron chi connectivity index (χ2n) is 7.61. The van der Waals surface area contributed by atoms with Gasteiger partial charge >= 0.3 is 6.03 Å². The zero-order valence-electron chi connectivity index (χ0n) is 18.0. The molecule has 0 bridgehead atoms. The number of piperazine rings is 1. The summed E-state index contributed by atoms with van der Waals surface area (Å²) in [5, 5.41) is 0. The number of amides is 5. The van der Waals surface area contributed by atoms with Crippen molar-refractivity contribution in [3.05, 3.63) is 34.9 Å². The number of hydrogen-bond donors (Lipinski definition) is 0. The molecule has 1 aromatic rings. The molecule has 0 saturated carbocycles. The average molecular weight is 415 g/mol. The van der Waals surface area contributed by atoms with E-state index in [0.717, 1.165) is 12.8 Å². The van der Waals surface area contributed by atoms with Crippen molar-refractivity contribution in [3.8, 4) is 0 Å². The van der Waals surface area contributed by atoms with Gasteiger partial charge in [-0.2, -0.15) is 0 Å². The maximum Gasteiger partial charge on any atom is 0.320 e. The van der Waals surface area contributed by atoms with Crippen LogP contribution in [0, 0.1) is 0 Å². The van der Waals surface area contributed by atoms with Gasteiger partial charge in [0.15, 0.2) is 0 Å². The molecule has 162 valence electrons. The van der Waals surface area contributed by atoms with Gasteiger partial charge in [-0.25, -0.2) is 4.79 Å². The predicted octanol–water partition coefficient (Wildman–Crippen LogP) is 2.30. The van der Waals surface area contributed by atoms with Crippen LogP contribution < -0.4 is 0 Å². The Balaban J connectivity index is 1.67. The molecule has 8 nitrogen and oxygen atoms in total. The summed E-state index contributed by atoms with van der Waals surface area (Å²) in [4.78, 5) is 57.1. The highest BCUT2D eigenvalue weighted by Crippen LogP contribution is 2.25. The summed E-state index contributed by atoms with van der Waals surface area (Å²) in [6.45, 7) is 9.46. The van der Waals surface area contributed by atoms with E-state index >= 15 is 0 Å². The molecule has 8 heteroatoms. The van der Waals surface area contributed by atoms with E-state index in [1.165, 1.54) is 11.0 Å². The molecular weight excluding hydrogens is 384 g/mol. The minimum Gasteiger partial charge on any atom is -0.335 e. The minimum absolute atomic E-state index is 0.000842. The second kappa shape index (κ2) is 9.28. The zero-order chi connectivity index (χ0) is 21.8. The number of fused-ring (bicyclic) bond motifs is 1. The van der Waals surface area contributed by atoms with E-state index in [1.807, 2.05) is 20.8 Å². The van der Waals surface area contributed by atoms with Crippen LogP contribution in [-0.4, -0.2) is 89.2 Å². The smallest absolute Gasteiger partial charge is 0.320 e. The third-order valence-electron chi connectivity index (χ3n) is 5.82. The van der Waals surface area contributed by atoms with E-state index in [4.69, 9.17) is 0 Å². The number of nitrogens with zero attached hydrogens (tertiary/aromatic N) is 4. The highest BCUT2D eigenvalue weighted by Gasteiger charge is 2.36. The van der Waals surface area contributed by atoms with Crippen LogP contribution in [0.5, 0.6) is 0 Å². The molecule has 0 spiro atoms. The molecule has 0 radical (unpaired) electrons. The number of urea groups is 1. The highest BCUT2D eigenvalue weighted by molar-refractivity contribution is 6.22. The van der Waals surface area contributed by atoms with Crippen molar-refractivity contribution in [1.29, 1.82) is 0 Å². The van der Waals surface area contributed by atoms with Crippen LogP contribution in [0.15, 0.2) is 18.2 Å².